The van der Waals surface area contributed by atoms with Crippen LogP contribution in [0.1, 0.15) is 27.3 Å². The van der Waals surface area contributed by atoms with Crippen LogP contribution in [0.15, 0.2) is 9.82 Å². The molecule has 0 amide bonds. The van der Waals surface area contributed by atoms with E-state index >= 15 is 0 Å². The first kappa shape index (κ1) is 15.6. The van der Waals surface area contributed by atoms with Crippen LogP contribution < -0.4 is 5.69 Å². The standard InChI is InChI=1S/C12H13ClN4O3S/c1-5-7(9(13)17(3)16-5)4-21-10-8(11(18)19)6(2)14-12(20)15-10/h4H2,1-3H3,(H,18,19)(H,14,15,20). The molecule has 7 nitrogen and oxygen atoms in total. The summed E-state index contributed by atoms with van der Waals surface area (Å²) >= 11 is 7.28. The van der Waals surface area contributed by atoms with E-state index in [1.165, 1.54) is 6.92 Å². The van der Waals surface area contributed by atoms with Crippen molar-refractivity contribution >= 4 is 29.3 Å². The lowest BCUT2D eigenvalue weighted by Crippen LogP contribution is -2.18. The molecule has 21 heavy (non-hydrogen) atoms. The zero-order chi connectivity index (χ0) is 15.7. The number of rotatable bonds is 4. The Morgan fingerprint density at radius 2 is 2.14 bits per heavy atom. The van der Waals surface area contributed by atoms with Gasteiger partial charge in [0.1, 0.15) is 15.7 Å². The molecular formula is C12H13ClN4O3S. The summed E-state index contributed by atoms with van der Waals surface area (Å²) < 4.78 is 1.54. The molecule has 0 saturated heterocycles. The van der Waals surface area contributed by atoms with Gasteiger partial charge in [0, 0.05) is 24.1 Å². The molecular weight excluding hydrogens is 316 g/mol. The number of nitrogens with zero attached hydrogens (tertiary/aromatic N) is 3. The van der Waals surface area contributed by atoms with Crippen LogP contribution in [0.25, 0.3) is 0 Å². The predicted octanol–water partition coefficient (Wildman–Crippen LogP) is 1.76. The Morgan fingerprint density at radius 1 is 1.48 bits per heavy atom. The molecule has 9 heteroatoms. The van der Waals surface area contributed by atoms with E-state index in [4.69, 9.17) is 11.6 Å². The minimum Gasteiger partial charge on any atom is -0.478 e. The molecule has 0 aliphatic heterocycles. The van der Waals surface area contributed by atoms with Gasteiger partial charge in [0.15, 0.2) is 0 Å². The van der Waals surface area contributed by atoms with E-state index in [1.807, 2.05) is 6.92 Å². The van der Waals surface area contributed by atoms with E-state index in [9.17, 15) is 14.7 Å². The SMILES string of the molecule is Cc1nn(C)c(Cl)c1CSc1nc(=O)[nH]c(C)c1C(=O)O. The molecule has 0 atom stereocenters. The fourth-order valence-electron chi connectivity index (χ4n) is 1.89. The van der Waals surface area contributed by atoms with Crippen LogP contribution in [0, 0.1) is 13.8 Å². The van der Waals surface area contributed by atoms with Crippen LogP contribution in [0.3, 0.4) is 0 Å². The number of aromatic nitrogens is 4. The third-order valence-electron chi connectivity index (χ3n) is 2.92. The number of aryl methyl sites for hydroxylation is 3. The van der Waals surface area contributed by atoms with E-state index in [-0.39, 0.29) is 16.3 Å². The van der Waals surface area contributed by atoms with Gasteiger partial charge < -0.3 is 10.1 Å². The normalized spacial score (nSPS) is 10.9. The Balaban J connectivity index is 2.36. The highest BCUT2D eigenvalue weighted by Gasteiger charge is 2.19. The maximum atomic E-state index is 11.4. The van der Waals surface area contributed by atoms with E-state index < -0.39 is 11.7 Å². The monoisotopic (exact) mass is 328 g/mol. The molecule has 112 valence electrons. The maximum absolute atomic E-state index is 11.4. The summed E-state index contributed by atoms with van der Waals surface area (Å²) in [5, 5.41) is 14.1. The molecule has 2 rings (SSSR count). The number of carboxylic acids is 1. The van der Waals surface area contributed by atoms with Crippen LogP contribution >= 0.6 is 23.4 Å². The summed E-state index contributed by atoms with van der Waals surface area (Å²) in [7, 11) is 1.72. The molecule has 2 heterocycles. The smallest absolute Gasteiger partial charge is 0.346 e. The van der Waals surface area contributed by atoms with Gasteiger partial charge in [-0.3, -0.25) is 4.68 Å². The molecule has 0 aromatic carbocycles. The topological polar surface area (TPSA) is 101 Å². The van der Waals surface area contributed by atoms with Crippen LogP contribution in [0.5, 0.6) is 0 Å². The molecule has 0 fully saturated rings. The van der Waals surface area contributed by atoms with Crippen LogP contribution in [0.4, 0.5) is 0 Å². The first-order valence-corrected chi connectivity index (χ1v) is 7.32. The number of nitrogens with one attached hydrogen (secondary N) is 1. The second-order valence-corrected chi connectivity index (χ2v) is 5.74. The minimum absolute atomic E-state index is 0.00253. The molecule has 0 aliphatic rings. The zero-order valence-electron chi connectivity index (χ0n) is 11.6. The van der Waals surface area contributed by atoms with E-state index in [0.29, 0.717) is 10.9 Å². The summed E-state index contributed by atoms with van der Waals surface area (Å²) in [5.41, 5.74) is 1.25. The molecule has 0 radical (unpaired) electrons. The molecule has 0 unspecified atom stereocenters. The Kier molecular flexibility index (Phi) is 4.38. The van der Waals surface area contributed by atoms with Crippen molar-refractivity contribution < 1.29 is 9.90 Å². The van der Waals surface area contributed by atoms with E-state index in [2.05, 4.69) is 15.1 Å². The molecule has 0 aliphatic carbocycles. The lowest BCUT2D eigenvalue weighted by molar-refractivity contribution is 0.0690. The van der Waals surface area contributed by atoms with Gasteiger partial charge in [-0.05, 0) is 13.8 Å². The highest BCUT2D eigenvalue weighted by atomic mass is 35.5. The molecule has 0 spiro atoms. The summed E-state index contributed by atoms with van der Waals surface area (Å²) in [5.74, 6) is -0.748. The van der Waals surface area contributed by atoms with Gasteiger partial charge in [0.2, 0.25) is 0 Å². The summed E-state index contributed by atoms with van der Waals surface area (Å²) in [6.07, 6.45) is 0. The van der Waals surface area contributed by atoms with E-state index in [1.54, 1.807) is 11.7 Å². The largest absolute Gasteiger partial charge is 0.478 e. The van der Waals surface area contributed by atoms with Gasteiger partial charge in [0.05, 0.1) is 5.69 Å². The van der Waals surface area contributed by atoms with Crippen molar-refractivity contribution in [3.8, 4) is 0 Å². The van der Waals surface area contributed by atoms with Gasteiger partial charge in [-0.2, -0.15) is 10.1 Å². The summed E-state index contributed by atoms with van der Waals surface area (Å²) in [4.78, 5) is 28.8. The average molecular weight is 329 g/mol. The van der Waals surface area contributed by atoms with Crippen molar-refractivity contribution in [3.05, 3.63) is 38.2 Å². The Morgan fingerprint density at radius 3 is 2.67 bits per heavy atom. The number of hydrogen-bond acceptors (Lipinski definition) is 5. The predicted molar refractivity (Wildman–Crippen MR) is 79.1 cm³/mol. The van der Waals surface area contributed by atoms with Gasteiger partial charge in [-0.25, -0.2) is 9.59 Å². The molecule has 0 saturated carbocycles. The third-order valence-corrected chi connectivity index (χ3v) is 4.40. The van der Waals surface area contributed by atoms with Crippen LogP contribution in [-0.2, 0) is 12.8 Å². The second-order valence-electron chi connectivity index (χ2n) is 4.42. The summed E-state index contributed by atoms with van der Waals surface area (Å²) in [6, 6.07) is 0. The van der Waals surface area contributed by atoms with Gasteiger partial charge in [-0.1, -0.05) is 11.6 Å². The fraction of sp³-hybridized carbons (Fsp3) is 0.333. The number of thioether (sulfide) groups is 1. The van der Waals surface area contributed by atoms with Crippen molar-refractivity contribution in [2.45, 2.75) is 24.6 Å². The Hall–Kier alpha value is -1.80. The van der Waals surface area contributed by atoms with Crippen molar-refractivity contribution in [1.29, 1.82) is 0 Å². The van der Waals surface area contributed by atoms with Crippen molar-refractivity contribution in [2.75, 3.05) is 0 Å². The van der Waals surface area contributed by atoms with Crippen molar-refractivity contribution in [3.63, 3.8) is 0 Å². The average Bonchev–Trinajstić information content (AvgIpc) is 2.59. The first-order chi connectivity index (χ1) is 9.81. The van der Waals surface area contributed by atoms with Crippen LogP contribution in [0.2, 0.25) is 5.15 Å². The van der Waals surface area contributed by atoms with Gasteiger partial charge in [0.25, 0.3) is 0 Å². The van der Waals surface area contributed by atoms with Gasteiger partial charge in [-0.15, -0.1) is 11.8 Å². The molecule has 2 aromatic heterocycles. The first-order valence-electron chi connectivity index (χ1n) is 5.96. The van der Waals surface area contributed by atoms with Crippen molar-refractivity contribution in [2.24, 2.45) is 7.05 Å². The highest BCUT2D eigenvalue weighted by Crippen LogP contribution is 2.29. The number of halogens is 1. The zero-order valence-corrected chi connectivity index (χ0v) is 13.2. The minimum atomic E-state index is -1.13. The Bertz CT molecular complexity index is 769. The number of hydrogen-bond donors (Lipinski definition) is 2. The molecule has 0 bridgehead atoms. The fourth-order valence-corrected chi connectivity index (χ4v) is 3.37. The Labute approximate surface area is 129 Å². The number of aromatic amines is 1. The highest BCUT2D eigenvalue weighted by molar-refractivity contribution is 7.98. The number of carbonyl (C=O) groups is 1. The number of carboxylic acid groups (broad SMARTS) is 1. The lowest BCUT2D eigenvalue weighted by atomic mass is 10.2. The summed E-state index contributed by atoms with van der Waals surface area (Å²) in [6.45, 7) is 3.34. The maximum Gasteiger partial charge on any atom is 0.346 e. The van der Waals surface area contributed by atoms with Gasteiger partial charge >= 0.3 is 11.7 Å². The van der Waals surface area contributed by atoms with Crippen molar-refractivity contribution in [1.82, 2.24) is 19.7 Å². The third kappa shape index (κ3) is 3.11. The molecule has 2 N–H and O–H groups in total. The lowest BCUT2D eigenvalue weighted by Gasteiger charge is -2.06. The quantitative estimate of drug-likeness (QED) is 0.655. The number of H-pyrrole nitrogens is 1. The van der Waals surface area contributed by atoms with E-state index in [0.717, 1.165) is 23.0 Å². The molecule has 2 aromatic rings. The second kappa shape index (κ2) is 5.90. The van der Waals surface area contributed by atoms with Crippen LogP contribution in [-0.4, -0.2) is 30.8 Å². The number of aromatic carboxylic acids is 1.